The number of carbonyl (C=O) groups is 2. The van der Waals surface area contributed by atoms with Crippen LogP contribution in [0.2, 0.25) is 0 Å². The van der Waals surface area contributed by atoms with Crippen LogP contribution in [0, 0.1) is 12.7 Å². The minimum absolute atomic E-state index is 0.125. The van der Waals surface area contributed by atoms with Crippen molar-refractivity contribution in [3.05, 3.63) is 94.8 Å². The van der Waals surface area contributed by atoms with E-state index in [1.807, 2.05) is 69.2 Å². The molecule has 3 aromatic carbocycles. The number of amides is 3. The average molecular weight is 463 g/mol. The van der Waals surface area contributed by atoms with Gasteiger partial charge in [-0.3, -0.25) is 4.79 Å². The van der Waals surface area contributed by atoms with Crippen LogP contribution in [0.15, 0.2) is 66.7 Å². The monoisotopic (exact) mass is 462 g/mol. The van der Waals surface area contributed by atoms with Gasteiger partial charge in [-0.05, 0) is 67.4 Å². The van der Waals surface area contributed by atoms with E-state index in [1.54, 1.807) is 23.1 Å². The minimum Gasteiger partial charge on any atom is -0.377 e. The normalized spacial score (nSPS) is 10.5. The van der Waals surface area contributed by atoms with E-state index in [9.17, 15) is 14.0 Å². The molecular formula is C27H31FN4O2. The van der Waals surface area contributed by atoms with Crippen molar-refractivity contribution in [3.8, 4) is 0 Å². The van der Waals surface area contributed by atoms with Crippen LogP contribution < -0.4 is 15.5 Å². The lowest BCUT2D eigenvalue weighted by molar-refractivity contribution is 0.0730. The first kappa shape index (κ1) is 24.8. The molecule has 0 spiro atoms. The molecule has 0 saturated carbocycles. The zero-order chi connectivity index (χ0) is 24.7. The summed E-state index contributed by atoms with van der Waals surface area (Å²) in [6.07, 6.45) is 0. The number of hydrogen-bond donors (Lipinski definition) is 2. The molecule has 0 fully saturated rings. The van der Waals surface area contributed by atoms with Gasteiger partial charge in [-0.15, -0.1) is 0 Å². The second kappa shape index (κ2) is 11.3. The lowest BCUT2D eigenvalue weighted by Crippen LogP contribution is -2.31. The van der Waals surface area contributed by atoms with E-state index in [2.05, 4.69) is 10.6 Å². The molecule has 0 saturated heterocycles. The number of hydrogen-bond acceptors (Lipinski definition) is 3. The van der Waals surface area contributed by atoms with Gasteiger partial charge < -0.3 is 20.4 Å². The van der Waals surface area contributed by atoms with E-state index >= 15 is 0 Å². The van der Waals surface area contributed by atoms with Gasteiger partial charge in [0.2, 0.25) is 0 Å². The van der Waals surface area contributed by atoms with Gasteiger partial charge in [0.25, 0.3) is 5.91 Å². The van der Waals surface area contributed by atoms with E-state index in [1.165, 1.54) is 12.1 Å². The fourth-order valence-electron chi connectivity index (χ4n) is 3.74. The molecule has 2 N–H and O–H groups in total. The Hall–Kier alpha value is -3.87. The van der Waals surface area contributed by atoms with Gasteiger partial charge in [0.15, 0.2) is 0 Å². The summed E-state index contributed by atoms with van der Waals surface area (Å²) in [7, 11) is 3.87. The summed E-state index contributed by atoms with van der Waals surface area (Å²) in [6.45, 7) is 4.94. The van der Waals surface area contributed by atoms with Gasteiger partial charge >= 0.3 is 6.03 Å². The number of carbonyl (C=O) groups excluding carboxylic acids is 2. The third-order valence-corrected chi connectivity index (χ3v) is 5.36. The number of nitrogens with zero attached hydrogens (tertiary/aromatic N) is 2. The average Bonchev–Trinajstić information content (AvgIpc) is 2.79. The molecule has 0 heterocycles. The lowest BCUT2D eigenvalue weighted by Gasteiger charge is -2.27. The number of rotatable bonds is 8. The molecule has 0 atom stereocenters. The topological polar surface area (TPSA) is 64.7 Å². The molecule has 7 heteroatoms. The highest BCUT2D eigenvalue weighted by Gasteiger charge is 2.20. The molecule has 0 unspecified atom stereocenters. The molecular weight excluding hydrogens is 431 g/mol. The van der Waals surface area contributed by atoms with Gasteiger partial charge in [0, 0.05) is 50.7 Å². The Bertz CT molecular complexity index is 1150. The Morgan fingerprint density at radius 1 is 0.941 bits per heavy atom. The van der Waals surface area contributed by atoms with Gasteiger partial charge in [0.05, 0.1) is 0 Å². The van der Waals surface area contributed by atoms with Gasteiger partial charge in [-0.1, -0.05) is 29.8 Å². The van der Waals surface area contributed by atoms with Crippen LogP contribution in [0.3, 0.4) is 0 Å². The highest BCUT2D eigenvalue weighted by molar-refractivity contribution is 5.94. The lowest BCUT2D eigenvalue weighted by atomic mass is 10.1. The van der Waals surface area contributed by atoms with E-state index in [4.69, 9.17) is 0 Å². The fraction of sp³-hybridized carbons (Fsp3) is 0.259. The molecule has 0 aliphatic rings. The minimum atomic E-state index is -0.320. The van der Waals surface area contributed by atoms with Crippen LogP contribution in [0.5, 0.6) is 0 Å². The van der Waals surface area contributed by atoms with E-state index < -0.39 is 0 Å². The number of nitrogens with one attached hydrogen (secondary N) is 2. The SMILES string of the molecule is CCNC(=O)Nc1ccc(N(C)C)c(CN(Cc2ccc(F)cc2)C(=O)c2cccc(C)c2)c1. The van der Waals surface area contributed by atoms with E-state index in [0.29, 0.717) is 30.9 Å². The maximum atomic E-state index is 13.6. The van der Waals surface area contributed by atoms with Crippen LogP contribution in [-0.2, 0) is 13.1 Å². The van der Waals surface area contributed by atoms with Crippen molar-refractivity contribution < 1.29 is 14.0 Å². The summed E-state index contributed by atoms with van der Waals surface area (Å²) < 4.78 is 13.5. The highest BCUT2D eigenvalue weighted by atomic mass is 19.1. The van der Waals surface area contributed by atoms with Crippen molar-refractivity contribution in [2.45, 2.75) is 26.9 Å². The second-order valence-corrected chi connectivity index (χ2v) is 8.38. The number of aryl methyl sites for hydroxylation is 1. The summed E-state index contributed by atoms with van der Waals surface area (Å²) in [5, 5.41) is 5.55. The summed E-state index contributed by atoms with van der Waals surface area (Å²) >= 11 is 0. The predicted molar refractivity (Wildman–Crippen MR) is 135 cm³/mol. The predicted octanol–water partition coefficient (Wildman–Crippen LogP) is 5.18. The van der Waals surface area contributed by atoms with Crippen LogP contribution in [-0.4, -0.2) is 37.5 Å². The van der Waals surface area contributed by atoms with Gasteiger partial charge in [-0.2, -0.15) is 0 Å². The van der Waals surface area contributed by atoms with Gasteiger partial charge in [-0.25, -0.2) is 9.18 Å². The largest absolute Gasteiger partial charge is 0.377 e. The first-order chi connectivity index (χ1) is 16.3. The third-order valence-electron chi connectivity index (χ3n) is 5.36. The number of halogens is 1. The van der Waals surface area contributed by atoms with Crippen molar-refractivity contribution in [1.29, 1.82) is 0 Å². The van der Waals surface area contributed by atoms with Crippen LogP contribution in [0.25, 0.3) is 0 Å². The van der Waals surface area contributed by atoms with Crippen molar-refractivity contribution in [3.63, 3.8) is 0 Å². The zero-order valence-electron chi connectivity index (χ0n) is 20.1. The molecule has 178 valence electrons. The summed E-state index contributed by atoms with van der Waals surface area (Å²) in [6, 6.07) is 19.0. The number of benzene rings is 3. The van der Waals surface area contributed by atoms with Crippen LogP contribution in [0.4, 0.5) is 20.6 Å². The van der Waals surface area contributed by atoms with E-state index in [0.717, 1.165) is 22.4 Å². The summed E-state index contributed by atoms with van der Waals surface area (Å²) in [4.78, 5) is 29.3. The van der Waals surface area contributed by atoms with Crippen molar-refractivity contribution in [1.82, 2.24) is 10.2 Å². The molecule has 3 rings (SSSR count). The fourth-order valence-corrected chi connectivity index (χ4v) is 3.74. The molecule has 0 radical (unpaired) electrons. The molecule has 34 heavy (non-hydrogen) atoms. The standard InChI is InChI=1S/C27H31FN4O2/c1-5-29-27(34)30-24-13-14-25(31(3)4)22(16-24)18-32(17-20-9-11-23(28)12-10-20)26(33)21-8-6-7-19(2)15-21/h6-16H,5,17-18H2,1-4H3,(H2,29,30,34). The Balaban J connectivity index is 1.97. The molecule has 3 aromatic rings. The molecule has 0 bridgehead atoms. The Morgan fingerprint density at radius 3 is 2.32 bits per heavy atom. The molecule has 3 amide bonds. The molecule has 0 aliphatic carbocycles. The highest BCUT2D eigenvalue weighted by Crippen LogP contribution is 2.26. The third kappa shape index (κ3) is 6.57. The molecule has 0 aliphatic heterocycles. The quantitative estimate of drug-likeness (QED) is 0.485. The number of anilines is 2. The van der Waals surface area contributed by atoms with Crippen molar-refractivity contribution in [2.24, 2.45) is 0 Å². The zero-order valence-corrected chi connectivity index (χ0v) is 20.1. The Labute approximate surface area is 200 Å². The molecule has 0 aromatic heterocycles. The van der Waals surface area contributed by atoms with Crippen molar-refractivity contribution >= 4 is 23.3 Å². The van der Waals surface area contributed by atoms with Gasteiger partial charge in [0.1, 0.15) is 5.82 Å². The van der Waals surface area contributed by atoms with E-state index in [-0.39, 0.29) is 17.8 Å². The Morgan fingerprint density at radius 2 is 1.68 bits per heavy atom. The maximum Gasteiger partial charge on any atom is 0.319 e. The second-order valence-electron chi connectivity index (χ2n) is 8.38. The smallest absolute Gasteiger partial charge is 0.319 e. The first-order valence-corrected chi connectivity index (χ1v) is 11.2. The van der Waals surface area contributed by atoms with Crippen LogP contribution in [0.1, 0.15) is 34.0 Å². The van der Waals surface area contributed by atoms with Crippen molar-refractivity contribution in [2.75, 3.05) is 30.9 Å². The Kier molecular flexibility index (Phi) is 8.24. The summed E-state index contributed by atoms with van der Waals surface area (Å²) in [5.41, 5.74) is 4.85. The number of urea groups is 1. The first-order valence-electron chi connectivity index (χ1n) is 11.2. The van der Waals surface area contributed by atoms with Crippen LogP contribution >= 0.6 is 0 Å². The molecule has 6 nitrogen and oxygen atoms in total. The maximum absolute atomic E-state index is 13.6. The summed E-state index contributed by atoms with van der Waals surface area (Å²) in [5.74, 6) is -0.445.